The molecule has 0 rings (SSSR count). The van der Waals surface area contributed by atoms with Crippen molar-refractivity contribution in [1.82, 2.24) is 0 Å². The molecular weight excluding hydrogens is 115 g/mol. The summed E-state index contributed by atoms with van der Waals surface area (Å²) in [6, 6.07) is 0. The molecule has 4 heteroatoms. The van der Waals surface area contributed by atoms with Gasteiger partial charge in [-0.15, -0.1) is 0 Å². The molecule has 0 bridgehead atoms. The molecule has 4 radical (unpaired) electrons. The zero-order chi connectivity index (χ0) is 2.00. The molecule has 0 amide bonds. The van der Waals surface area contributed by atoms with Crippen molar-refractivity contribution in [2.75, 3.05) is 0 Å². The number of hydrogen-bond acceptors (Lipinski definition) is 1. The van der Waals surface area contributed by atoms with Crippen LogP contribution in [-0.2, 0) is 21.5 Å². The van der Waals surface area contributed by atoms with E-state index in [0.717, 1.165) is 0 Å². The zero-order valence-corrected chi connectivity index (χ0v) is 4.15. The summed E-state index contributed by atoms with van der Waals surface area (Å²) < 4.78 is 8.06. The molecule has 0 aliphatic rings. The van der Waals surface area contributed by atoms with E-state index in [1.165, 1.54) is 0 Å². The molecule has 0 aromatic rings. The minimum absolute atomic E-state index is 0. The largest absolute Gasteiger partial charge is 0.381 e. The Morgan fingerprint density at radius 3 is 1.25 bits per heavy atom. The first-order chi connectivity index (χ1) is 1.00. The molecule has 0 unspecified atom stereocenters. The fraction of sp³-hybridized carbons (Fsp3) is 0. The quantitative estimate of drug-likeness (QED) is 0.374. The summed E-state index contributed by atoms with van der Waals surface area (Å²) in [6.45, 7) is 0. The predicted octanol–water partition coefficient (Wildman–Crippen LogP) is -0.883. The van der Waals surface area contributed by atoms with Crippen molar-refractivity contribution in [3.8, 4) is 0 Å². The van der Waals surface area contributed by atoms with Crippen LogP contribution in [0.15, 0.2) is 0 Å². The van der Waals surface area contributed by atoms with Crippen LogP contribution in [0.25, 0.3) is 0 Å². The van der Waals surface area contributed by atoms with Gasteiger partial charge in [-0.3, -0.25) is 0 Å². The average molecular weight is 115 g/mol. The van der Waals surface area contributed by atoms with E-state index in [4.69, 9.17) is 4.46 Å². The van der Waals surface area contributed by atoms with Gasteiger partial charge in [0.2, 0.25) is 0 Å². The fourth-order valence-corrected chi connectivity index (χ4v) is 0. The van der Waals surface area contributed by atoms with Crippen molar-refractivity contribution in [2.45, 2.75) is 0 Å². The predicted molar refractivity (Wildman–Crippen MR) is 12.2 cm³/mol. The molecule has 1 nitrogen and oxygen atoms in total. The Kier molecular flexibility index (Phi) is 152. The molecule has 0 aliphatic heterocycles. The zero-order valence-electron chi connectivity index (χ0n) is 2.21. The van der Waals surface area contributed by atoms with E-state index in [1.807, 2.05) is 0 Å². The van der Waals surface area contributed by atoms with E-state index < -0.39 is 0 Å². The number of hydrogen-bond donors (Lipinski definition) is 0. The molecule has 4 heavy (non-hydrogen) atoms. The second-order valence-electron chi connectivity index (χ2n) is 0. The van der Waals surface area contributed by atoms with E-state index in [0.29, 0.717) is 0 Å². The normalized spacial score (nSPS) is 1.00. The molecule has 0 heterocycles. The van der Waals surface area contributed by atoms with Gasteiger partial charge in [0.25, 0.3) is 0 Å². The fourth-order valence-electron chi connectivity index (χ4n) is 0. The third kappa shape index (κ3) is 11.1. The van der Waals surface area contributed by atoms with Gasteiger partial charge in [-0.25, -0.2) is 0 Å². The second-order valence-corrected chi connectivity index (χ2v) is 0. The molecule has 0 saturated carbocycles. The Morgan fingerprint density at radius 1 is 1.25 bits per heavy atom. The van der Waals surface area contributed by atoms with Crippen molar-refractivity contribution < 1.29 is 21.5 Å². The van der Waals surface area contributed by atoms with Crippen LogP contribution in [0.5, 0.6) is 0 Å². The standard InChI is InChI=1S/Cu.Li.OSi/c;;1-2. The van der Waals surface area contributed by atoms with Crippen LogP contribution >= 0.6 is 0 Å². The summed E-state index contributed by atoms with van der Waals surface area (Å²) in [7, 11) is 1.72. The van der Waals surface area contributed by atoms with Crippen molar-refractivity contribution >= 4 is 29.0 Å². The van der Waals surface area contributed by atoms with E-state index in [2.05, 4.69) is 0 Å². The van der Waals surface area contributed by atoms with Crippen molar-refractivity contribution in [1.29, 1.82) is 0 Å². The average Bonchev–Trinajstić information content (AvgIpc) is 1.00. The van der Waals surface area contributed by atoms with Crippen molar-refractivity contribution in [3.63, 3.8) is 0 Å². The topological polar surface area (TPSA) is 17.1 Å². The molecule has 0 N–H and O–H groups in total. The van der Waals surface area contributed by atoms with Gasteiger partial charge < -0.3 is 4.46 Å². The summed E-state index contributed by atoms with van der Waals surface area (Å²) in [5.74, 6) is 0. The Hall–Kier alpha value is 1.13. The van der Waals surface area contributed by atoms with Crippen LogP contribution in [0.3, 0.4) is 0 Å². The smallest absolute Gasteiger partial charge is 0.381 e. The summed E-state index contributed by atoms with van der Waals surface area (Å²) in [5, 5.41) is 0. The molecule has 0 saturated heterocycles. The van der Waals surface area contributed by atoms with Gasteiger partial charge in [-0.1, -0.05) is 0 Å². The van der Waals surface area contributed by atoms with Crippen LogP contribution in [0, 0.1) is 0 Å². The van der Waals surface area contributed by atoms with E-state index >= 15 is 0 Å². The number of rotatable bonds is 0. The Balaban J connectivity index is -0.00000000500. The van der Waals surface area contributed by atoms with Gasteiger partial charge in [-0.2, -0.15) is 0 Å². The molecule has 0 aliphatic carbocycles. The van der Waals surface area contributed by atoms with Crippen molar-refractivity contribution in [3.05, 3.63) is 0 Å². The maximum atomic E-state index is 8.06. The Bertz CT molecular complexity index is 8.00. The molecule has 0 spiro atoms. The second kappa shape index (κ2) is 31.6. The summed E-state index contributed by atoms with van der Waals surface area (Å²) >= 11 is 0. The van der Waals surface area contributed by atoms with Crippen LogP contribution < -0.4 is 0 Å². The molecular formula is CuLiOSi. The summed E-state index contributed by atoms with van der Waals surface area (Å²) in [6.07, 6.45) is 0. The molecule has 0 atom stereocenters. The molecule has 0 aromatic carbocycles. The Labute approximate surface area is 50.7 Å². The third-order valence-corrected chi connectivity index (χ3v) is 0. The van der Waals surface area contributed by atoms with Crippen molar-refractivity contribution in [2.24, 2.45) is 0 Å². The van der Waals surface area contributed by atoms with Crippen LogP contribution in [0.4, 0.5) is 0 Å². The van der Waals surface area contributed by atoms with Gasteiger partial charge in [0.05, 0.1) is 0 Å². The maximum absolute atomic E-state index is 8.06. The molecule has 22 valence electrons. The summed E-state index contributed by atoms with van der Waals surface area (Å²) in [5.41, 5.74) is 0. The van der Waals surface area contributed by atoms with Gasteiger partial charge in [0.15, 0.2) is 0 Å². The first-order valence-corrected chi connectivity index (χ1v) is 0.612. The first-order valence-electron chi connectivity index (χ1n) is 0.204. The van der Waals surface area contributed by atoms with Crippen LogP contribution in [-0.4, -0.2) is 29.0 Å². The van der Waals surface area contributed by atoms with E-state index in [1.54, 1.807) is 10.1 Å². The maximum Gasteiger partial charge on any atom is 0.381 e. The van der Waals surface area contributed by atoms with Crippen LogP contribution in [0.1, 0.15) is 0 Å². The van der Waals surface area contributed by atoms with Gasteiger partial charge in [-0.05, 0) is 0 Å². The first kappa shape index (κ1) is 19.3. The summed E-state index contributed by atoms with van der Waals surface area (Å²) in [4.78, 5) is 0. The molecule has 0 fully saturated rings. The Morgan fingerprint density at radius 2 is 1.25 bits per heavy atom. The third-order valence-electron chi connectivity index (χ3n) is 0. The minimum atomic E-state index is 0. The molecule has 0 aromatic heterocycles. The van der Waals surface area contributed by atoms with Gasteiger partial charge >= 0.3 is 10.1 Å². The van der Waals surface area contributed by atoms with E-state index in [-0.39, 0.29) is 35.9 Å². The van der Waals surface area contributed by atoms with E-state index in [9.17, 15) is 0 Å². The monoisotopic (exact) mass is 114 g/mol. The van der Waals surface area contributed by atoms with Gasteiger partial charge in [0, 0.05) is 35.9 Å². The van der Waals surface area contributed by atoms with Crippen LogP contribution in [0.2, 0.25) is 0 Å². The van der Waals surface area contributed by atoms with Gasteiger partial charge in [0.1, 0.15) is 0 Å². The minimum Gasteiger partial charge on any atom is -0.381 e. The SMILES string of the molecule is O=[Si].[Cu].[Li].